The summed E-state index contributed by atoms with van der Waals surface area (Å²) in [4.78, 5) is 0. The summed E-state index contributed by atoms with van der Waals surface area (Å²) in [5, 5.41) is 3.56. The van der Waals surface area contributed by atoms with E-state index < -0.39 is 0 Å². The van der Waals surface area contributed by atoms with Crippen LogP contribution in [0.15, 0.2) is 0 Å². The summed E-state index contributed by atoms with van der Waals surface area (Å²) in [6.07, 6.45) is 4.12. The highest BCUT2D eigenvalue weighted by molar-refractivity contribution is 4.84. The summed E-state index contributed by atoms with van der Waals surface area (Å²) in [6, 6.07) is 0.664. The van der Waals surface area contributed by atoms with Crippen LogP contribution in [-0.2, 0) is 4.74 Å². The van der Waals surface area contributed by atoms with Crippen molar-refractivity contribution in [1.82, 2.24) is 5.32 Å². The van der Waals surface area contributed by atoms with Crippen LogP contribution in [-0.4, -0.2) is 25.3 Å². The largest absolute Gasteiger partial charge is 0.378 e. The third-order valence-electron chi connectivity index (χ3n) is 3.09. The number of hydrogen-bond acceptors (Lipinski definition) is 2. The Labute approximate surface area is 82.0 Å². The van der Waals surface area contributed by atoms with Crippen LogP contribution in [0, 0.1) is 5.92 Å². The maximum absolute atomic E-state index is 5.70. The Hall–Kier alpha value is -0.0800. The molecule has 0 aromatic carbocycles. The molecule has 1 N–H and O–H groups in total. The van der Waals surface area contributed by atoms with E-state index in [1.807, 2.05) is 0 Å². The van der Waals surface area contributed by atoms with E-state index in [4.69, 9.17) is 4.74 Å². The molecule has 0 saturated carbocycles. The van der Waals surface area contributed by atoms with Gasteiger partial charge in [-0.05, 0) is 25.8 Å². The molecule has 2 heteroatoms. The molecule has 3 atom stereocenters. The molecular weight excluding hydrogens is 162 g/mol. The van der Waals surface area contributed by atoms with Gasteiger partial charge in [0.2, 0.25) is 0 Å². The second-order valence-corrected chi connectivity index (χ2v) is 3.84. The standard InChI is InChI=1S/C11H23NO/c1-4-10(12-6-3)9-7-8-13-11(9)5-2/h9-12H,4-8H2,1-3H3. The molecule has 78 valence electrons. The first-order valence-electron chi connectivity index (χ1n) is 5.68. The van der Waals surface area contributed by atoms with Crippen molar-refractivity contribution in [2.45, 2.75) is 52.2 Å². The van der Waals surface area contributed by atoms with Gasteiger partial charge in [0.15, 0.2) is 0 Å². The first-order valence-corrected chi connectivity index (χ1v) is 5.68. The fourth-order valence-electron chi connectivity index (χ4n) is 2.41. The van der Waals surface area contributed by atoms with Crippen LogP contribution in [0.3, 0.4) is 0 Å². The van der Waals surface area contributed by atoms with Crippen molar-refractivity contribution in [3.8, 4) is 0 Å². The number of hydrogen-bond donors (Lipinski definition) is 1. The fraction of sp³-hybridized carbons (Fsp3) is 1.00. The minimum Gasteiger partial charge on any atom is -0.378 e. The predicted octanol–water partition coefficient (Wildman–Crippen LogP) is 2.19. The van der Waals surface area contributed by atoms with Gasteiger partial charge in [-0.2, -0.15) is 0 Å². The summed E-state index contributed by atoms with van der Waals surface area (Å²) in [5.74, 6) is 0.745. The monoisotopic (exact) mass is 185 g/mol. The van der Waals surface area contributed by atoms with E-state index in [9.17, 15) is 0 Å². The Morgan fingerprint density at radius 3 is 2.69 bits per heavy atom. The van der Waals surface area contributed by atoms with Crippen LogP contribution in [0.5, 0.6) is 0 Å². The number of ether oxygens (including phenoxy) is 1. The Morgan fingerprint density at radius 2 is 2.15 bits per heavy atom. The highest BCUT2D eigenvalue weighted by Gasteiger charge is 2.31. The molecular formula is C11H23NO. The quantitative estimate of drug-likeness (QED) is 0.709. The van der Waals surface area contributed by atoms with Gasteiger partial charge in [0.1, 0.15) is 0 Å². The van der Waals surface area contributed by atoms with Crippen molar-refractivity contribution in [2.24, 2.45) is 5.92 Å². The number of nitrogens with one attached hydrogen (secondary N) is 1. The van der Waals surface area contributed by atoms with E-state index in [-0.39, 0.29) is 0 Å². The first kappa shape index (κ1) is 11.0. The molecule has 1 aliphatic heterocycles. The normalized spacial score (nSPS) is 30.7. The van der Waals surface area contributed by atoms with Crippen LogP contribution in [0.2, 0.25) is 0 Å². The van der Waals surface area contributed by atoms with Gasteiger partial charge in [0.05, 0.1) is 6.10 Å². The minimum absolute atomic E-state index is 0.504. The summed E-state index contributed by atoms with van der Waals surface area (Å²) in [5.41, 5.74) is 0. The second kappa shape index (κ2) is 5.61. The zero-order chi connectivity index (χ0) is 9.68. The Balaban J connectivity index is 2.46. The molecule has 0 amide bonds. The smallest absolute Gasteiger partial charge is 0.0616 e. The van der Waals surface area contributed by atoms with Crippen molar-refractivity contribution in [2.75, 3.05) is 13.2 Å². The summed E-state index contributed by atoms with van der Waals surface area (Å²) in [6.45, 7) is 8.70. The topological polar surface area (TPSA) is 21.3 Å². The molecule has 0 radical (unpaired) electrons. The molecule has 1 fully saturated rings. The van der Waals surface area contributed by atoms with Crippen molar-refractivity contribution in [3.63, 3.8) is 0 Å². The Morgan fingerprint density at radius 1 is 1.38 bits per heavy atom. The van der Waals surface area contributed by atoms with Gasteiger partial charge in [-0.15, -0.1) is 0 Å². The minimum atomic E-state index is 0.504. The van der Waals surface area contributed by atoms with E-state index in [1.54, 1.807) is 0 Å². The van der Waals surface area contributed by atoms with E-state index in [0.29, 0.717) is 12.1 Å². The molecule has 0 aliphatic carbocycles. The molecule has 1 heterocycles. The van der Waals surface area contributed by atoms with Crippen LogP contribution in [0.25, 0.3) is 0 Å². The number of rotatable bonds is 5. The highest BCUT2D eigenvalue weighted by atomic mass is 16.5. The van der Waals surface area contributed by atoms with Gasteiger partial charge in [-0.25, -0.2) is 0 Å². The van der Waals surface area contributed by atoms with Crippen LogP contribution < -0.4 is 5.32 Å². The Kier molecular flexibility index (Phi) is 4.74. The van der Waals surface area contributed by atoms with Crippen molar-refractivity contribution < 1.29 is 4.74 Å². The lowest BCUT2D eigenvalue weighted by Crippen LogP contribution is -2.39. The fourth-order valence-corrected chi connectivity index (χ4v) is 2.41. The molecule has 0 bridgehead atoms. The summed E-state index contributed by atoms with van der Waals surface area (Å²) >= 11 is 0. The third-order valence-corrected chi connectivity index (χ3v) is 3.09. The predicted molar refractivity (Wildman–Crippen MR) is 55.9 cm³/mol. The van der Waals surface area contributed by atoms with Gasteiger partial charge in [-0.3, -0.25) is 0 Å². The van der Waals surface area contributed by atoms with Gasteiger partial charge in [0.25, 0.3) is 0 Å². The summed E-state index contributed by atoms with van der Waals surface area (Å²) < 4.78 is 5.70. The van der Waals surface area contributed by atoms with E-state index in [2.05, 4.69) is 26.1 Å². The molecule has 1 saturated heterocycles. The summed E-state index contributed by atoms with van der Waals surface area (Å²) in [7, 11) is 0. The lowest BCUT2D eigenvalue weighted by atomic mass is 9.90. The van der Waals surface area contributed by atoms with E-state index >= 15 is 0 Å². The Bertz CT molecular complexity index is 138. The lowest BCUT2D eigenvalue weighted by molar-refractivity contribution is 0.0772. The van der Waals surface area contributed by atoms with Crippen molar-refractivity contribution in [3.05, 3.63) is 0 Å². The molecule has 0 aromatic rings. The molecule has 0 aromatic heterocycles. The van der Waals surface area contributed by atoms with Crippen LogP contribution in [0.4, 0.5) is 0 Å². The molecule has 0 spiro atoms. The maximum atomic E-state index is 5.70. The molecule has 3 unspecified atom stereocenters. The molecule has 1 aliphatic rings. The lowest BCUT2D eigenvalue weighted by Gasteiger charge is -2.26. The average molecular weight is 185 g/mol. The van der Waals surface area contributed by atoms with Gasteiger partial charge in [-0.1, -0.05) is 20.8 Å². The maximum Gasteiger partial charge on any atom is 0.0616 e. The van der Waals surface area contributed by atoms with E-state index in [0.717, 1.165) is 25.5 Å². The van der Waals surface area contributed by atoms with Gasteiger partial charge < -0.3 is 10.1 Å². The van der Waals surface area contributed by atoms with Crippen molar-refractivity contribution >= 4 is 0 Å². The molecule has 13 heavy (non-hydrogen) atoms. The van der Waals surface area contributed by atoms with Crippen LogP contribution >= 0.6 is 0 Å². The zero-order valence-corrected chi connectivity index (χ0v) is 9.18. The molecule has 2 nitrogen and oxygen atoms in total. The second-order valence-electron chi connectivity index (χ2n) is 3.84. The first-order chi connectivity index (χ1) is 6.33. The van der Waals surface area contributed by atoms with E-state index in [1.165, 1.54) is 12.8 Å². The zero-order valence-electron chi connectivity index (χ0n) is 9.18. The third kappa shape index (κ3) is 2.68. The van der Waals surface area contributed by atoms with Gasteiger partial charge in [0, 0.05) is 18.6 Å². The molecule has 1 rings (SSSR count). The van der Waals surface area contributed by atoms with Crippen LogP contribution in [0.1, 0.15) is 40.0 Å². The highest BCUT2D eigenvalue weighted by Crippen LogP contribution is 2.27. The van der Waals surface area contributed by atoms with Gasteiger partial charge >= 0.3 is 0 Å². The SMILES string of the molecule is CCNC(CC)C1CCOC1CC. The average Bonchev–Trinajstić information content (AvgIpc) is 2.61. The van der Waals surface area contributed by atoms with Crippen molar-refractivity contribution in [1.29, 1.82) is 0 Å².